The van der Waals surface area contributed by atoms with E-state index in [2.05, 4.69) is 205 Å². The average molecular weight is 680 g/mol. The van der Waals surface area contributed by atoms with E-state index in [0.717, 1.165) is 17.1 Å². The number of hydrogen-bond donors (Lipinski definition) is 0. The van der Waals surface area contributed by atoms with Gasteiger partial charge in [-0.25, -0.2) is 0 Å². The van der Waals surface area contributed by atoms with Crippen LogP contribution in [0.15, 0.2) is 200 Å². The number of anilines is 3. The topological polar surface area (TPSA) is 3.24 Å². The third-order valence-electron chi connectivity index (χ3n) is 10.3. The summed E-state index contributed by atoms with van der Waals surface area (Å²) in [6.07, 6.45) is 0. The van der Waals surface area contributed by atoms with Crippen LogP contribution < -0.4 is 4.90 Å². The van der Waals surface area contributed by atoms with E-state index in [1.165, 1.54) is 75.1 Å². The monoisotopic (exact) mass is 679 g/mol. The summed E-state index contributed by atoms with van der Waals surface area (Å²) in [6.45, 7) is 0. The Balaban J connectivity index is 1.14. The number of para-hydroxylation sites is 1. The number of nitrogens with zero attached hydrogens (tertiary/aromatic N) is 1. The fourth-order valence-electron chi connectivity index (χ4n) is 7.81. The lowest BCUT2D eigenvalue weighted by molar-refractivity contribution is 1.30. The van der Waals surface area contributed by atoms with Crippen molar-refractivity contribution in [1.82, 2.24) is 0 Å². The minimum Gasteiger partial charge on any atom is -0.309 e. The van der Waals surface area contributed by atoms with Crippen molar-refractivity contribution in [2.24, 2.45) is 0 Å². The number of thiophene rings is 1. The van der Waals surface area contributed by atoms with E-state index in [0.29, 0.717) is 0 Å². The zero-order valence-electron chi connectivity index (χ0n) is 28.4. The third-order valence-corrected chi connectivity index (χ3v) is 11.5. The summed E-state index contributed by atoms with van der Waals surface area (Å²) >= 11 is 1.88. The molecular weight excluding hydrogens is 647 g/mol. The molecule has 0 aliphatic heterocycles. The maximum Gasteiger partial charge on any atom is 0.0540 e. The van der Waals surface area contributed by atoms with E-state index in [1.807, 2.05) is 11.3 Å². The van der Waals surface area contributed by atoms with E-state index in [9.17, 15) is 0 Å². The molecule has 0 radical (unpaired) electrons. The zero-order valence-corrected chi connectivity index (χ0v) is 29.2. The summed E-state index contributed by atoms with van der Waals surface area (Å²) in [4.78, 5) is 2.46. The molecular formula is C50H33NS. The van der Waals surface area contributed by atoms with Crippen LogP contribution in [0.1, 0.15) is 0 Å². The van der Waals surface area contributed by atoms with Gasteiger partial charge in [-0.05, 0) is 68.7 Å². The molecule has 244 valence electrons. The maximum absolute atomic E-state index is 2.46. The SMILES string of the molecule is c1cc(-c2ccc(-c3cccc4ccccc34)cc2)cc(N(c2ccccc2-c2cccc3c2sc2ccccc23)c2cccc3ccccc23)c1. The van der Waals surface area contributed by atoms with Gasteiger partial charge in [0, 0.05) is 42.4 Å². The fourth-order valence-corrected chi connectivity index (χ4v) is 9.04. The van der Waals surface area contributed by atoms with Gasteiger partial charge < -0.3 is 4.90 Å². The van der Waals surface area contributed by atoms with E-state index >= 15 is 0 Å². The minimum absolute atomic E-state index is 1.11. The lowest BCUT2D eigenvalue weighted by Gasteiger charge is -2.29. The van der Waals surface area contributed by atoms with Gasteiger partial charge in [0.1, 0.15) is 0 Å². The Morgan fingerprint density at radius 2 is 0.885 bits per heavy atom. The Hall–Kier alpha value is -6.48. The predicted octanol–water partition coefficient (Wildman–Crippen LogP) is 14.8. The van der Waals surface area contributed by atoms with Crippen molar-refractivity contribution in [2.45, 2.75) is 0 Å². The normalized spacial score (nSPS) is 11.5. The quantitative estimate of drug-likeness (QED) is 0.169. The van der Waals surface area contributed by atoms with Crippen molar-refractivity contribution in [3.8, 4) is 33.4 Å². The van der Waals surface area contributed by atoms with Gasteiger partial charge in [-0.15, -0.1) is 11.3 Å². The molecule has 0 saturated carbocycles. The third kappa shape index (κ3) is 5.16. The van der Waals surface area contributed by atoms with Gasteiger partial charge in [0.05, 0.1) is 11.4 Å². The number of rotatable bonds is 6. The maximum atomic E-state index is 2.46. The molecule has 10 aromatic rings. The highest BCUT2D eigenvalue weighted by Crippen LogP contribution is 2.47. The first-order valence-electron chi connectivity index (χ1n) is 17.8. The van der Waals surface area contributed by atoms with E-state index in [4.69, 9.17) is 0 Å². The van der Waals surface area contributed by atoms with Crippen LogP contribution in [0, 0.1) is 0 Å². The summed E-state index contributed by atoms with van der Waals surface area (Å²) < 4.78 is 2.63. The van der Waals surface area contributed by atoms with E-state index in [-0.39, 0.29) is 0 Å². The van der Waals surface area contributed by atoms with Crippen LogP contribution in [0.5, 0.6) is 0 Å². The highest BCUT2D eigenvalue weighted by atomic mass is 32.1. The predicted molar refractivity (Wildman–Crippen MR) is 225 cm³/mol. The first-order chi connectivity index (χ1) is 25.8. The molecule has 52 heavy (non-hydrogen) atoms. The van der Waals surface area contributed by atoms with Crippen molar-refractivity contribution in [3.05, 3.63) is 200 Å². The van der Waals surface area contributed by atoms with Crippen LogP contribution in [0.3, 0.4) is 0 Å². The first kappa shape index (κ1) is 30.4. The van der Waals surface area contributed by atoms with Gasteiger partial charge in [-0.3, -0.25) is 0 Å². The molecule has 10 rings (SSSR count). The second-order valence-electron chi connectivity index (χ2n) is 13.3. The molecule has 0 amide bonds. The number of hydrogen-bond acceptors (Lipinski definition) is 2. The molecule has 1 aromatic heterocycles. The summed E-state index contributed by atoms with van der Waals surface area (Å²) in [5, 5.41) is 7.58. The van der Waals surface area contributed by atoms with Crippen molar-refractivity contribution in [3.63, 3.8) is 0 Å². The summed E-state index contributed by atoms with van der Waals surface area (Å²) in [7, 11) is 0. The van der Waals surface area contributed by atoms with Crippen LogP contribution in [-0.2, 0) is 0 Å². The van der Waals surface area contributed by atoms with Crippen LogP contribution in [0.4, 0.5) is 17.1 Å². The first-order valence-corrected chi connectivity index (χ1v) is 18.6. The smallest absolute Gasteiger partial charge is 0.0540 e. The van der Waals surface area contributed by atoms with Gasteiger partial charge >= 0.3 is 0 Å². The van der Waals surface area contributed by atoms with E-state index in [1.54, 1.807) is 0 Å². The minimum atomic E-state index is 1.11. The van der Waals surface area contributed by atoms with Crippen molar-refractivity contribution in [2.75, 3.05) is 4.90 Å². The van der Waals surface area contributed by atoms with Crippen molar-refractivity contribution < 1.29 is 0 Å². The average Bonchev–Trinajstić information content (AvgIpc) is 3.60. The van der Waals surface area contributed by atoms with Crippen LogP contribution >= 0.6 is 11.3 Å². The molecule has 0 spiro atoms. The second kappa shape index (κ2) is 12.7. The molecule has 0 aliphatic carbocycles. The van der Waals surface area contributed by atoms with Gasteiger partial charge in [0.2, 0.25) is 0 Å². The Labute approximate surface area is 307 Å². The lowest BCUT2D eigenvalue weighted by atomic mass is 9.96. The lowest BCUT2D eigenvalue weighted by Crippen LogP contribution is -2.12. The number of benzene rings is 9. The van der Waals surface area contributed by atoms with E-state index < -0.39 is 0 Å². The van der Waals surface area contributed by atoms with Gasteiger partial charge in [-0.2, -0.15) is 0 Å². The molecule has 0 unspecified atom stereocenters. The highest BCUT2D eigenvalue weighted by molar-refractivity contribution is 7.26. The summed E-state index contributed by atoms with van der Waals surface area (Å²) in [6, 6.07) is 72.9. The fraction of sp³-hybridized carbons (Fsp3) is 0. The number of fused-ring (bicyclic) bond motifs is 5. The summed E-state index contributed by atoms with van der Waals surface area (Å²) in [5.74, 6) is 0. The Kier molecular flexibility index (Phi) is 7.41. The molecule has 1 heterocycles. The van der Waals surface area contributed by atoms with Gasteiger partial charge in [0.25, 0.3) is 0 Å². The standard InChI is InChI=1S/C50H33NS/c1-3-19-40-35(13-1)15-10-23-41(40)37-31-29-34(30-32-37)38-17-9-18-39(33-38)51(47-27-11-16-36-14-2-4-20-42(36)47)48-26-7-5-21-43(48)45-24-12-25-46-44-22-6-8-28-49(44)52-50(45)46/h1-33H. The molecule has 0 N–H and O–H groups in total. The molecule has 2 heteroatoms. The van der Waals surface area contributed by atoms with Crippen LogP contribution in [0.25, 0.3) is 75.1 Å². The molecule has 1 nitrogen and oxygen atoms in total. The molecule has 0 aliphatic rings. The van der Waals surface area contributed by atoms with Crippen LogP contribution in [-0.4, -0.2) is 0 Å². The van der Waals surface area contributed by atoms with Crippen molar-refractivity contribution in [1.29, 1.82) is 0 Å². The molecule has 0 saturated heterocycles. The largest absolute Gasteiger partial charge is 0.309 e. The molecule has 9 aromatic carbocycles. The van der Waals surface area contributed by atoms with Crippen LogP contribution in [0.2, 0.25) is 0 Å². The second-order valence-corrected chi connectivity index (χ2v) is 14.3. The molecule has 0 fully saturated rings. The molecule has 0 bridgehead atoms. The van der Waals surface area contributed by atoms with Gasteiger partial charge in [0.15, 0.2) is 0 Å². The Morgan fingerprint density at radius 1 is 0.327 bits per heavy atom. The Morgan fingerprint density at radius 3 is 1.75 bits per heavy atom. The zero-order chi connectivity index (χ0) is 34.4. The van der Waals surface area contributed by atoms with Crippen molar-refractivity contribution >= 4 is 70.1 Å². The van der Waals surface area contributed by atoms with Gasteiger partial charge in [-0.1, -0.05) is 170 Å². The Bertz CT molecular complexity index is 2910. The molecule has 0 atom stereocenters. The summed E-state index contributed by atoms with van der Waals surface area (Å²) in [5.41, 5.74) is 10.7. The highest BCUT2D eigenvalue weighted by Gasteiger charge is 2.21.